The summed E-state index contributed by atoms with van der Waals surface area (Å²) in [5.41, 5.74) is 2.72. The van der Waals surface area contributed by atoms with E-state index >= 15 is 0 Å². The van der Waals surface area contributed by atoms with Crippen molar-refractivity contribution < 1.29 is 14.3 Å². The van der Waals surface area contributed by atoms with Crippen LogP contribution in [0.25, 0.3) is 0 Å². The summed E-state index contributed by atoms with van der Waals surface area (Å²) in [7, 11) is 3.12. The summed E-state index contributed by atoms with van der Waals surface area (Å²) in [4.78, 5) is 24.5. The molecule has 5 nitrogen and oxygen atoms in total. The Kier molecular flexibility index (Phi) is 3.23. The van der Waals surface area contributed by atoms with Gasteiger partial charge in [0.15, 0.2) is 0 Å². The fraction of sp³-hybridized carbons (Fsp3) is 0.385. The molecule has 0 fully saturated rings. The van der Waals surface area contributed by atoms with Gasteiger partial charge in [-0.1, -0.05) is 0 Å². The van der Waals surface area contributed by atoms with E-state index in [-0.39, 0.29) is 11.9 Å². The monoisotopic (exact) mass is 248 g/mol. The minimum atomic E-state index is -0.414. The molecule has 0 saturated carbocycles. The molecule has 18 heavy (non-hydrogen) atoms. The molecule has 2 rings (SSSR count). The topological polar surface area (TPSA) is 58.6 Å². The van der Waals surface area contributed by atoms with Crippen LogP contribution in [0.15, 0.2) is 18.2 Å². The Bertz CT molecular complexity index is 499. The van der Waals surface area contributed by atoms with Gasteiger partial charge in [-0.3, -0.25) is 4.79 Å². The molecule has 1 aliphatic rings. The van der Waals surface area contributed by atoms with Gasteiger partial charge in [0.1, 0.15) is 6.04 Å². The number of methoxy groups -OCH3 is 1. The summed E-state index contributed by atoms with van der Waals surface area (Å²) in [5.74, 6) is -0.230. The maximum atomic E-state index is 11.6. The lowest BCUT2D eigenvalue weighted by molar-refractivity contribution is -0.141. The van der Waals surface area contributed by atoms with E-state index in [9.17, 15) is 9.59 Å². The van der Waals surface area contributed by atoms with Crippen molar-refractivity contribution in [1.29, 1.82) is 0 Å². The Hall–Kier alpha value is -2.04. The molecule has 0 radical (unpaired) electrons. The molecule has 0 spiro atoms. The van der Waals surface area contributed by atoms with Crippen LogP contribution in [0.1, 0.15) is 12.5 Å². The standard InChI is InChI=1S/C13H16N2O3/c1-8(13(17)18-3)14-10-4-5-11-9(6-10)7-12(16)15(11)2/h4-6,8,14H,7H2,1-3H3/t8-/m0/s1. The van der Waals surface area contributed by atoms with Crippen molar-refractivity contribution in [3.8, 4) is 0 Å². The van der Waals surface area contributed by atoms with Gasteiger partial charge >= 0.3 is 5.97 Å². The second kappa shape index (κ2) is 4.68. The third-order valence-corrected chi connectivity index (χ3v) is 3.09. The van der Waals surface area contributed by atoms with Gasteiger partial charge in [0, 0.05) is 18.4 Å². The largest absolute Gasteiger partial charge is 0.467 e. The van der Waals surface area contributed by atoms with E-state index < -0.39 is 6.04 Å². The second-order valence-corrected chi connectivity index (χ2v) is 4.36. The number of fused-ring (bicyclic) bond motifs is 1. The van der Waals surface area contributed by atoms with Crippen LogP contribution in [0.4, 0.5) is 11.4 Å². The number of anilines is 2. The first-order chi connectivity index (χ1) is 8.52. The molecule has 1 atom stereocenters. The van der Waals surface area contributed by atoms with E-state index in [1.165, 1.54) is 7.11 Å². The minimum absolute atomic E-state index is 0.0863. The summed E-state index contributed by atoms with van der Waals surface area (Å²) < 4.78 is 4.65. The van der Waals surface area contributed by atoms with Gasteiger partial charge in [0.25, 0.3) is 0 Å². The number of likely N-dealkylation sites (N-methyl/N-ethyl adjacent to an activating group) is 1. The van der Waals surface area contributed by atoms with Gasteiger partial charge in [0.05, 0.1) is 13.5 Å². The van der Waals surface area contributed by atoms with Gasteiger partial charge < -0.3 is 15.0 Å². The van der Waals surface area contributed by atoms with Crippen LogP contribution < -0.4 is 10.2 Å². The number of hydrogen-bond acceptors (Lipinski definition) is 4. The van der Waals surface area contributed by atoms with Crippen LogP contribution in [-0.4, -0.2) is 32.1 Å². The number of hydrogen-bond donors (Lipinski definition) is 1. The summed E-state index contributed by atoms with van der Waals surface area (Å²) >= 11 is 0. The summed E-state index contributed by atoms with van der Waals surface area (Å²) in [5, 5.41) is 3.05. The van der Waals surface area contributed by atoms with Crippen LogP contribution >= 0.6 is 0 Å². The zero-order chi connectivity index (χ0) is 13.3. The number of carbonyl (C=O) groups is 2. The van der Waals surface area contributed by atoms with Gasteiger partial charge in [-0.05, 0) is 30.7 Å². The van der Waals surface area contributed by atoms with Crippen molar-refractivity contribution in [2.75, 3.05) is 24.4 Å². The van der Waals surface area contributed by atoms with E-state index in [1.54, 1.807) is 18.9 Å². The zero-order valence-corrected chi connectivity index (χ0v) is 10.7. The molecule has 1 aromatic carbocycles. The lowest BCUT2D eigenvalue weighted by atomic mass is 10.1. The molecule has 96 valence electrons. The van der Waals surface area contributed by atoms with Gasteiger partial charge in [-0.25, -0.2) is 4.79 Å². The predicted octanol–water partition coefficient (Wildman–Crippen LogP) is 1.18. The molecule has 5 heteroatoms. The number of esters is 1. The Morgan fingerprint density at radius 3 is 2.89 bits per heavy atom. The molecule has 0 bridgehead atoms. The third kappa shape index (κ3) is 2.16. The average Bonchev–Trinajstić information content (AvgIpc) is 2.63. The molecule has 1 aliphatic heterocycles. The lowest BCUT2D eigenvalue weighted by Gasteiger charge is -2.14. The lowest BCUT2D eigenvalue weighted by Crippen LogP contribution is -2.27. The molecule has 1 aromatic rings. The highest BCUT2D eigenvalue weighted by molar-refractivity contribution is 6.01. The number of nitrogens with zero attached hydrogens (tertiary/aromatic N) is 1. The average molecular weight is 248 g/mol. The number of benzene rings is 1. The SMILES string of the molecule is COC(=O)[C@H](C)Nc1ccc2c(c1)CC(=O)N2C. The van der Waals surface area contributed by atoms with Gasteiger partial charge in [-0.2, -0.15) is 0 Å². The fourth-order valence-electron chi connectivity index (χ4n) is 2.05. The molecule has 0 unspecified atom stereocenters. The van der Waals surface area contributed by atoms with E-state index in [0.717, 1.165) is 16.9 Å². The van der Waals surface area contributed by atoms with Crippen LogP contribution in [0, 0.1) is 0 Å². The third-order valence-electron chi connectivity index (χ3n) is 3.09. The molecule has 0 saturated heterocycles. The van der Waals surface area contributed by atoms with E-state index in [4.69, 9.17) is 0 Å². The molecule has 1 N–H and O–H groups in total. The first-order valence-electron chi connectivity index (χ1n) is 5.76. The Morgan fingerprint density at radius 1 is 1.50 bits per heavy atom. The second-order valence-electron chi connectivity index (χ2n) is 4.36. The zero-order valence-electron chi connectivity index (χ0n) is 10.7. The summed E-state index contributed by atoms with van der Waals surface area (Å²) in [6.45, 7) is 1.73. The van der Waals surface area contributed by atoms with Crippen molar-refractivity contribution in [1.82, 2.24) is 0 Å². The predicted molar refractivity (Wildman–Crippen MR) is 68.7 cm³/mol. The van der Waals surface area contributed by atoms with Crippen molar-refractivity contribution in [2.24, 2.45) is 0 Å². The maximum absolute atomic E-state index is 11.6. The van der Waals surface area contributed by atoms with Gasteiger partial charge in [-0.15, -0.1) is 0 Å². The van der Waals surface area contributed by atoms with Crippen molar-refractivity contribution in [2.45, 2.75) is 19.4 Å². The van der Waals surface area contributed by atoms with Crippen molar-refractivity contribution >= 4 is 23.3 Å². The van der Waals surface area contributed by atoms with Crippen molar-refractivity contribution in [3.05, 3.63) is 23.8 Å². The highest BCUT2D eigenvalue weighted by Crippen LogP contribution is 2.30. The molecular weight excluding hydrogens is 232 g/mol. The van der Waals surface area contributed by atoms with Crippen LogP contribution in [0.5, 0.6) is 0 Å². The van der Waals surface area contributed by atoms with Crippen LogP contribution in [0.2, 0.25) is 0 Å². The van der Waals surface area contributed by atoms with E-state index in [0.29, 0.717) is 6.42 Å². The maximum Gasteiger partial charge on any atom is 0.327 e. The van der Waals surface area contributed by atoms with Crippen LogP contribution in [-0.2, 0) is 20.7 Å². The first kappa shape index (κ1) is 12.4. The summed E-state index contributed by atoms with van der Waals surface area (Å²) in [6.07, 6.45) is 0.411. The van der Waals surface area contributed by atoms with Gasteiger partial charge in [0.2, 0.25) is 5.91 Å². The molecule has 0 aliphatic carbocycles. The smallest absolute Gasteiger partial charge is 0.327 e. The summed E-state index contributed by atoms with van der Waals surface area (Å²) in [6, 6.07) is 5.22. The highest BCUT2D eigenvalue weighted by atomic mass is 16.5. The Morgan fingerprint density at radius 2 is 2.22 bits per heavy atom. The van der Waals surface area contributed by atoms with Crippen molar-refractivity contribution in [3.63, 3.8) is 0 Å². The van der Waals surface area contributed by atoms with E-state index in [2.05, 4.69) is 10.1 Å². The quantitative estimate of drug-likeness (QED) is 0.816. The first-order valence-corrected chi connectivity index (χ1v) is 5.76. The van der Waals surface area contributed by atoms with E-state index in [1.807, 2.05) is 18.2 Å². The number of ether oxygens (including phenoxy) is 1. The Labute approximate surface area is 106 Å². The molecule has 0 aromatic heterocycles. The Balaban J connectivity index is 2.16. The molecule has 1 amide bonds. The van der Waals surface area contributed by atoms with Crippen LogP contribution in [0.3, 0.4) is 0 Å². The minimum Gasteiger partial charge on any atom is -0.467 e. The highest BCUT2D eigenvalue weighted by Gasteiger charge is 2.24. The molecule has 1 heterocycles. The number of nitrogens with one attached hydrogen (secondary N) is 1. The fourth-order valence-corrected chi connectivity index (χ4v) is 2.05. The number of amides is 1. The normalized spacial score (nSPS) is 15.3. The molecular formula is C13H16N2O3. The number of rotatable bonds is 3. The number of carbonyl (C=O) groups excluding carboxylic acids is 2.